The molecule has 1 aliphatic heterocycles. The quantitative estimate of drug-likeness (QED) is 0.835. The molecule has 0 bridgehead atoms. The molecule has 0 saturated carbocycles. The normalized spacial score (nSPS) is 17.3. The van der Waals surface area contributed by atoms with Gasteiger partial charge in [-0.3, -0.25) is 0 Å². The highest BCUT2D eigenvalue weighted by molar-refractivity contribution is 6.36. The summed E-state index contributed by atoms with van der Waals surface area (Å²) >= 11 is 12.6. The van der Waals surface area contributed by atoms with Crippen LogP contribution in [0, 0.1) is 0 Å². The molecule has 1 aliphatic rings. The van der Waals surface area contributed by atoms with Gasteiger partial charge in [-0.1, -0.05) is 29.3 Å². The molecule has 0 aliphatic carbocycles. The summed E-state index contributed by atoms with van der Waals surface area (Å²) in [6.45, 7) is 3.43. The van der Waals surface area contributed by atoms with E-state index in [9.17, 15) is 0 Å². The van der Waals surface area contributed by atoms with Crippen LogP contribution in [0.2, 0.25) is 10.0 Å². The summed E-state index contributed by atoms with van der Waals surface area (Å²) in [6, 6.07) is 11.2. The second-order valence-electron chi connectivity index (χ2n) is 5.24. The van der Waals surface area contributed by atoms with Gasteiger partial charge in [0.2, 0.25) is 0 Å². The van der Waals surface area contributed by atoms with Crippen LogP contribution < -0.4 is 15.4 Å². The number of rotatable bonds is 2. The standard InChI is InChI=1S/C16H16Cl2N2O/c1-10-8-20(9-12-13(17)3-2-4-14(12)18)15-7-11(19)5-6-16(15)21-10/h2-7,10H,8-9,19H2,1H3. The van der Waals surface area contributed by atoms with E-state index < -0.39 is 0 Å². The van der Waals surface area contributed by atoms with Crippen LogP contribution in [-0.4, -0.2) is 12.6 Å². The summed E-state index contributed by atoms with van der Waals surface area (Å²) in [5.41, 5.74) is 8.50. The number of halogens is 2. The van der Waals surface area contributed by atoms with E-state index >= 15 is 0 Å². The van der Waals surface area contributed by atoms with Gasteiger partial charge in [-0.25, -0.2) is 0 Å². The fourth-order valence-electron chi connectivity index (χ4n) is 2.57. The third kappa shape index (κ3) is 2.89. The van der Waals surface area contributed by atoms with Crippen LogP contribution in [0.5, 0.6) is 5.75 Å². The second kappa shape index (κ2) is 5.66. The van der Waals surface area contributed by atoms with Gasteiger partial charge in [0.15, 0.2) is 0 Å². The van der Waals surface area contributed by atoms with E-state index in [0.29, 0.717) is 22.3 Å². The molecule has 0 amide bonds. The molecule has 1 atom stereocenters. The van der Waals surface area contributed by atoms with Crippen LogP contribution in [0.1, 0.15) is 12.5 Å². The molecule has 2 aromatic rings. The Morgan fingerprint density at radius 2 is 1.95 bits per heavy atom. The summed E-state index contributed by atoms with van der Waals surface area (Å²) in [6.07, 6.45) is 0.0994. The number of hydrogen-bond donors (Lipinski definition) is 1. The van der Waals surface area contributed by atoms with Crippen LogP contribution in [0.3, 0.4) is 0 Å². The van der Waals surface area contributed by atoms with Crippen molar-refractivity contribution in [3.05, 3.63) is 52.0 Å². The zero-order valence-corrected chi connectivity index (χ0v) is 13.2. The lowest BCUT2D eigenvalue weighted by Gasteiger charge is -2.35. The Balaban J connectivity index is 1.98. The molecule has 3 rings (SSSR count). The van der Waals surface area contributed by atoms with E-state index in [2.05, 4.69) is 4.90 Å². The van der Waals surface area contributed by atoms with Gasteiger partial charge in [0, 0.05) is 27.8 Å². The highest BCUT2D eigenvalue weighted by Gasteiger charge is 2.24. The number of benzene rings is 2. The van der Waals surface area contributed by atoms with Gasteiger partial charge in [-0.05, 0) is 37.3 Å². The third-order valence-electron chi connectivity index (χ3n) is 3.54. The van der Waals surface area contributed by atoms with E-state index in [-0.39, 0.29) is 6.10 Å². The van der Waals surface area contributed by atoms with Crippen LogP contribution in [0.15, 0.2) is 36.4 Å². The van der Waals surface area contributed by atoms with Gasteiger partial charge >= 0.3 is 0 Å². The molecule has 2 N–H and O–H groups in total. The maximum atomic E-state index is 6.28. The molecular formula is C16H16Cl2N2O. The predicted octanol–water partition coefficient (Wildman–Crippen LogP) is 4.36. The van der Waals surface area contributed by atoms with Gasteiger partial charge in [0.05, 0.1) is 12.2 Å². The lowest BCUT2D eigenvalue weighted by Crippen LogP contribution is -2.38. The Hall–Kier alpha value is -1.58. The molecule has 110 valence electrons. The van der Waals surface area contributed by atoms with Crippen molar-refractivity contribution in [3.8, 4) is 5.75 Å². The minimum atomic E-state index is 0.0994. The van der Waals surface area contributed by atoms with Crippen molar-refractivity contribution in [1.29, 1.82) is 0 Å². The zero-order chi connectivity index (χ0) is 15.0. The first-order valence-electron chi connectivity index (χ1n) is 6.78. The first-order valence-corrected chi connectivity index (χ1v) is 7.54. The molecule has 3 nitrogen and oxygen atoms in total. The average Bonchev–Trinajstić information content (AvgIpc) is 2.43. The van der Waals surface area contributed by atoms with Crippen LogP contribution in [-0.2, 0) is 6.54 Å². The molecule has 0 saturated heterocycles. The van der Waals surface area contributed by atoms with Gasteiger partial charge in [0.25, 0.3) is 0 Å². The fraction of sp³-hybridized carbons (Fsp3) is 0.250. The zero-order valence-electron chi connectivity index (χ0n) is 11.6. The third-order valence-corrected chi connectivity index (χ3v) is 4.25. The second-order valence-corrected chi connectivity index (χ2v) is 6.05. The SMILES string of the molecule is CC1CN(Cc2c(Cl)cccc2Cl)c2cc(N)ccc2O1. The number of nitrogens with zero attached hydrogens (tertiary/aromatic N) is 1. The number of hydrogen-bond acceptors (Lipinski definition) is 3. The summed E-state index contributed by atoms with van der Waals surface area (Å²) in [7, 11) is 0. The molecule has 21 heavy (non-hydrogen) atoms. The number of nitrogens with two attached hydrogens (primary N) is 1. The van der Waals surface area contributed by atoms with E-state index in [1.54, 1.807) is 0 Å². The number of ether oxygens (including phenoxy) is 1. The van der Waals surface area contributed by atoms with E-state index in [1.807, 2.05) is 43.3 Å². The summed E-state index contributed by atoms with van der Waals surface area (Å²) < 4.78 is 5.85. The smallest absolute Gasteiger partial charge is 0.143 e. The number of fused-ring (bicyclic) bond motifs is 1. The molecule has 1 heterocycles. The van der Waals surface area contributed by atoms with E-state index in [4.69, 9.17) is 33.7 Å². The van der Waals surface area contributed by atoms with Gasteiger partial charge in [-0.15, -0.1) is 0 Å². The first kappa shape index (κ1) is 14.4. The average molecular weight is 323 g/mol. The maximum absolute atomic E-state index is 6.28. The van der Waals surface area contributed by atoms with Crippen molar-refractivity contribution in [1.82, 2.24) is 0 Å². The monoisotopic (exact) mass is 322 g/mol. The molecule has 0 fully saturated rings. The molecule has 2 aromatic carbocycles. The van der Waals surface area contributed by atoms with Gasteiger partial charge in [0.1, 0.15) is 11.9 Å². The Morgan fingerprint density at radius 1 is 1.24 bits per heavy atom. The number of anilines is 2. The first-order chi connectivity index (χ1) is 10.0. The highest BCUT2D eigenvalue weighted by Crippen LogP contribution is 2.37. The molecule has 1 unspecified atom stereocenters. The van der Waals surface area contributed by atoms with Crippen LogP contribution >= 0.6 is 23.2 Å². The Kier molecular flexibility index (Phi) is 3.87. The van der Waals surface area contributed by atoms with Crippen molar-refractivity contribution in [3.63, 3.8) is 0 Å². The highest BCUT2D eigenvalue weighted by atomic mass is 35.5. The molecular weight excluding hydrogens is 307 g/mol. The molecule has 0 spiro atoms. The predicted molar refractivity (Wildman–Crippen MR) is 88.5 cm³/mol. The summed E-state index contributed by atoms with van der Waals surface area (Å²) in [5, 5.41) is 1.35. The maximum Gasteiger partial charge on any atom is 0.143 e. The van der Waals surface area contributed by atoms with Gasteiger partial charge in [-0.2, -0.15) is 0 Å². The van der Waals surface area contributed by atoms with Crippen LogP contribution in [0.4, 0.5) is 11.4 Å². The van der Waals surface area contributed by atoms with Crippen molar-refractivity contribution in [2.45, 2.75) is 19.6 Å². The lowest BCUT2D eigenvalue weighted by molar-refractivity contribution is 0.212. The minimum absolute atomic E-state index is 0.0994. The van der Waals surface area contributed by atoms with Gasteiger partial charge < -0.3 is 15.4 Å². The Bertz CT molecular complexity index is 655. The van der Waals surface area contributed by atoms with E-state index in [0.717, 1.165) is 23.5 Å². The Labute approximate surface area is 134 Å². The molecule has 5 heteroatoms. The van der Waals surface area contributed by atoms with E-state index in [1.165, 1.54) is 0 Å². The molecule has 0 aromatic heterocycles. The largest absolute Gasteiger partial charge is 0.487 e. The minimum Gasteiger partial charge on any atom is -0.487 e. The Morgan fingerprint density at radius 3 is 2.67 bits per heavy atom. The topological polar surface area (TPSA) is 38.5 Å². The number of nitrogen functional groups attached to an aromatic ring is 1. The lowest BCUT2D eigenvalue weighted by atomic mass is 10.1. The van der Waals surface area contributed by atoms with Crippen molar-refractivity contribution in [2.75, 3.05) is 17.2 Å². The van der Waals surface area contributed by atoms with Crippen molar-refractivity contribution in [2.24, 2.45) is 0 Å². The summed E-state index contributed by atoms with van der Waals surface area (Å²) in [5.74, 6) is 0.839. The van der Waals surface area contributed by atoms with Crippen molar-refractivity contribution >= 4 is 34.6 Å². The fourth-order valence-corrected chi connectivity index (χ4v) is 3.08. The molecule has 0 radical (unpaired) electrons. The van der Waals surface area contributed by atoms with Crippen LogP contribution in [0.25, 0.3) is 0 Å². The summed E-state index contributed by atoms with van der Waals surface area (Å²) in [4.78, 5) is 2.20. The van der Waals surface area contributed by atoms with Crippen molar-refractivity contribution < 1.29 is 4.74 Å².